The van der Waals surface area contributed by atoms with Crippen molar-refractivity contribution in [3.8, 4) is 5.75 Å². The summed E-state index contributed by atoms with van der Waals surface area (Å²) in [4.78, 5) is 36.3. The number of halogens is 1. The lowest BCUT2D eigenvalue weighted by atomic mass is 10.0. The number of carbonyl (C=O) groups is 3. The second kappa shape index (κ2) is 9.82. The number of rotatable bonds is 9. The average molecular weight is 401 g/mol. The van der Waals surface area contributed by atoms with Crippen LogP contribution in [0.15, 0.2) is 54.6 Å². The predicted molar refractivity (Wildman–Crippen MR) is 105 cm³/mol. The van der Waals surface area contributed by atoms with Crippen molar-refractivity contribution >= 4 is 17.7 Å². The summed E-state index contributed by atoms with van der Waals surface area (Å²) in [5, 5.41) is 2.58. The zero-order valence-corrected chi connectivity index (χ0v) is 16.6. The van der Waals surface area contributed by atoms with Crippen molar-refractivity contribution in [1.29, 1.82) is 0 Å². The highest BCUT2D eigenvalue weighted by atomic mass is 19.1. The first-order valence-corrected chi connectivity index (χ1v) is 9.13. The number of nitrogens with one attached hydrogen (secondary N) is 1. The first-order chi connectivity index (χ1) is 13.7. The number of benzene rings is 2. The summed E-state index contributed by atoms with van der Waals surface area (Å²) in [7, 11) is 0. The van der Waals surface area contributed by atoms with Crippen LogP contribution in [0.2, 0.25) is 0 Å². The molecule has 0 aromatic heterocycles. The highest BCUT2D eigenvalue weighted by Gasteiger charge is 2.32. The zero-order valence-electron chi connectivity index (χ0n) is 16.6. The van der Waals surface area contributed by atoms with E-state index in [2.05, 4.69) is 5.32 Å². The number of Topliss-reactive ketones (excluding diaryl/α,β-unsaturated/α-hetero) is 1. The summed E-state index contributed by atoms with van der Waals surface area (Å²) in [5.74, 6) is -1.69. The van der Waals surface area contributed by atoms with E-state index in [4.69, 9.17) is 9.47 Å². The lowest BCUT2D eigenvalue weighted by Crippen LogP contribution is -2.45. The van der Waals surface area contributed by atoms with Gasteiger partial charge in [0.05, 0.1) is 6.04 Å². The first kappa shape index (κ1) is 22.1. The largest absolute Gasteiger partial charge is 0.476 e. The van der Waals surface area contributed by atoms with Crippen molar-refractivity contribution in [1.82, 2.24) is 5.32 Å². The maximum atomic E-state index is 13.0. The van der Waals surface area contributed by atoms with Crippen molar-refractivity contribution < 1.29 is 28.2 Å². The molecule has 0 aliphatic carbocycles. The van der Waals surface area contributed by atoms with Gasteiger partial charge < -0.3 is 14.8 Å². The third-order valence-electron chi connectivity index (χ3n) is 4.12. The van der Waals surface area contributed by atoms with Gasteiger partial charge in [0, 0.05) is 0 Å². The van der Waals surface area contributed by atoms with E-state index in [1.165, 1.54) is 45.0 Å². The topological polar surface area (TPSA) is 81.7 Å². The normalized spacial score (nSPS) is 12.0. The van der Waals surface area contributed by atoms with Crippen LogP contribution < -0.4 is 10.1 Å². The molecule has 0 spiro atoms. The lowest BCUT2D eigenvalue weighted by molar-refractivity contribution is -0.162. The Hall–Kier alpha value is -3.22. The molecule has 0 heterocycles. The third-order valence-corrected chi connectivity index (χ3v) is 4.12. The van der Waals surface area contributed by atoms with Crippen LogP contribution in [0.3, 0.4) is 0 Å². The van der Waals surface area contributed by atoms with Gasteiger partial charge in [0.25, 0.3) is 5.91 Å². The fraction of sp³-hybridized carbons (Fsp3) is 0.318. The summed E-state index contributed by atoms with van der Waals surface area (Å²) >= 11 is 0. The molecule has 0 fully saturated rings. The van der Waals surface area contributed by atoms with Gasteiger partial charge in [-0.3, -0.25) is 9.59 Å². The van der Waals surface area contributed by atoms with Crippen LogP contribution in [0.5, 0.6) is 5.75 Å². The van der Waals surface area contributed by atoms with Gasteiger partial charge in [-0.1, -0.05) is 30.3 Å². The molecule has 154 valence electrons. The van der Waals surface area contributed by atoms with E-state index in [9.17, 15) is 18.8 Å². The number of carbonyl (C=O) groups excluding carboxylic acids is 3. The molecule has 1 amide bonds. The summed E-state index contributed by atoms with van der Waals surface area (Å²) < 4.78 is 23.5. The summed E-state index contributed by atoms with van der Waals surface area (Å²) in [5.41, 5.74) is -0.485. The summed E-state index contributed by atoms with van der Waals surface area (Å²) in [6.07, 6.45) is 0.342. The lowest BCUT2D eigenvalue weighted by Gasteiger charge is -2.24. The average Bonchev–Trinajstić information content (AvgIpc) is 2.68. The molecule has 2 rings (SSSR count). The molecule has 2 aromatic rings. The number of amides is 1. The molecule has 0 aliphatic rings. The molecule has 0 aliphatic heterocycles. The molecule has 1 N–H and O–H groups in total. The van der Waals surface area contributed by atoms with Crippen molar-refractivity contribution in [2.24, 2.45) is 0 Å². The SMILES string of the molecule is CC(=O)[C@H](Cc1ccccc1)NC(=O)COC(=O)C(C)(C)Oc1ccc(F)cc1. The highest BCUT2D eigenvalue weighted by molar-refractivity contribution is 5.89. The Morgan fingerprint density at radius 1 is 1.03 bits per heavy atom. The minimum Gasteiger partial charge on any atom is -0.476 e. The van der Waals surface area contributed by atoms with Crippen LogP contribution in [0.4, 0.5) is 4.39 Å². The monoisotopic (exact) mass is 401 g/mol. The molecule has 0 unspecified atom stereocenters. The second-order valence-electron chi connectivity index (χ2n) is 7.06. The Labute approximate surface area is 169 Å². The Morgan fingerprint density at radius 3 is 2.24 bits per heavy atom. The molecule has 2 aromatic carbocycles. The smallest absolute Gasteiger partial charge is 0.350 e. The Kier molecular flexibility index (Phi) is 7.47. The Bertz CT molecular complexity index is 849. The molecule has 0 saturated heterocycles. The molecule has 1 atom stereocenters. The van der Waals surface area contributed by atoms with Gasteiger partial charge in [-0.25, -0.2) is 9.18 Å². The number of esters is 1. The predicted octanol–water partition coefficient (Wildman–Crippen LogP) is 2.84. The van der Waals surface area contributed by atoms with E-state index in [1.54, 1.807) is 0 Å². The molecule has 0 radical (unpaired) electrons. The van der Waals surface area contributed by atoms with Gasteiger partial charge in [-0.2, -0.15) is 0 Å². The van der Waals surface area contributed by atoms with Gasteiger partial charge in [0.2, 0.25) is 0 Å². The van der Waals surface area contributed by atoms with E-state index >= 15 is 0 Å². The first-order valence-electron chi connectivity index (χ1n) is 9.13. The number of ether oxygens (including phenoxy) is 2. The van der Waals surface area contributed by atoms with E-state index in [1.807, 2.05) is 30.3 Å². The standard InChI is InChI=1S/C22H24FNO5/c1-15(25)19(13-16-7-5-4-6-8-16)24-20(26)14-28-21(27)22(2,3)29-18-11-9-17(23)10-12-18/h4-12,19H,13-14H2,1-3H3,(H,24,26)/t19-/m0/s1. The number of hydrogen-bond donors (Lipinski definition) is 1. The molecule has 7 heteroatoms. The van der Waals surface area contributed by atoms with Gasteiger partial charge in [-0.05, 0) is 57.0 Å². The summed E-state index contributed by atoms with van der Waals surface area (Å²) in [6, 6.07) is 13.7. The molecule has 0 bridgehead atoms. The third kappa shape index (κ3) is 7.03. The Balaban J connectivity index is 1.88. The van der Waals surface area contributed by atoms with Crippen LogP contribution >= 0.6 is 0 Å². The fourth-order valence-corrected chi connectivity index (χ4v) is 2.53. The number of hydrogen-bond acceptors (Lipinski definition) is 5. The highest BCUT2D eigenvalue weighted by Crippen LogP contribution is 2.19. The fourth-order valence-electron chi connectivity index (χ4n) is 2.53. The van der Waals surface area contributed by atoms with Crippen LogP contribution in [0.1, 0.15) is 26.3 Å². The van der Waals surface area contributed by atoms with Gasteiger partial charge in [-0.15, -0.1) is 0 Å². The van der Waals surface area contributed by atoms with Crippen molar-refractivity contribution in [2.45, 2.75) is 38.8 Å². The quantitative estimate of drug-likeness (QED) is 0.654. The Morgan fingerprint density at radius 2 is 1.66 bits per heavy atom. The molecule has 6 nitrogen and oxygen atoms in total. The van der Waals surface area contributed by atoms with Gasteiger partial charge >= 0.3 is 5.97 Å². The maximum absolute atomic E-state index is 13.0. The number of ketones is 1. The van der Waals surface area contributed by atoms with Crippen molar-refractivity contribution in [2.75, 3.05) is 6.61 Å². The van der Waals surface area contributed by atoms with Crippen LogP contribution in [0, 0.1) is 5.82 Å². The molecule has 0 saturated carbocycles. The second-order valence-corrected chi connectivity index (χ2v) is 7.06. The van der Waals surface area contributed by atoms with Crippen LogP contribution in [-0.2, 0) is 25.5 Å². The van der Waals surface area contributed by atoms with Crippen LogP contribution in [-0.4, -0.2) is 35.9 Å². The van der Waals surface area contributed by atoms with Crippen molar-refractivity contribution in [3.05, 3.63) is 66.0 Å². The van der Waals surface area contributed by atoms with E-state index in [-0.39, 0.29) is 11.5 Å². The summed E-state index contributed by atoms with van der Waals surface area (Å²) in [6.45, 7) is 3.79. The molecule has 29 heavy (non-hydrogen) atoms. The minimum absolute atomic E-state index is 0.200. The molecular formula is C22H24FNO5. The van der Waals surface area contributed by atoms with Gasteiger partial charge in [0.15, 0.2) is 18.0 Å². The van der Waals surface area contributed by atoms with Gasteiger partial charge in [0.1, 0.15) is 11.6 Å². The maximum Gasteiger partial charge on any atom is 0.350 e. The van der Waals surface area contributed by atoms with Crippen molar-refractivity contribution in [3.63, 3.8) is 0 Å². The van der Waals surface area contributed by atoms with E-state index in [0.29, 0.717) is 6.42 Å². The van der Waals surface area contributed by atoms with E-state index < -0.39 is 35.9 Å². The minimum atomic E-state index is -1.39. The van der Waals surface area contributed by atoms with E-state index in [0.717, 1.165) is 5.56 Å². The molecular weight excluding hydrogens is 377 g/mol. The zero-order chi connectivity index (χ0) is 21.4. The van der Waals surface area contributed by atoms with Crippen LogP contribution in [0.25, 0.3) is 0 Å².